The Hall–Kier alpha value is -3.88. The fourth-order valence-corrected chi connectivity index (χ4v) is 7.94. The van der Waals surface area contributed by atoms with Crippen LogP contribution in [0, 0.1) is 0 Å². The summed E-state index contributed by atoms with van der Waals surface area (Å²) < 4.78 is 23.8. The number of carbonyl (C=O) groups is 2. The molecule has 4 unspecified atom stereocenters. The van der Waals surface area contributed by atoms with Gasteiger partial charge in [-0.05, 0) is 100 Å². The van der Waals surface area contributed by atoms with E-state index in [1.165, 1.54) is 11.1 Å². The lowest BCUT2D eigenvalue weighted by molar-refractivity contribution is -0.0747. The summed E-state index contributed by atoms with van der Waals surface area (Å²) in [6, 6.07) is 5.95. The zero-order valence-electron chi connectivity index (χ0n) is 35.1. The minimum absolute atomic E-state index is 0.0200. The number of epoxide rings is 1. The molecule has 5 rings (SSSR count). The van der Waals surface area contributed by atoms with Gasteiger partial charge in [0.1, 0.15) is 17.3 Å². The summed E-state index contributed by atoms with van der Waals surface area (Å²) in [6.45, 7) is 13.7. The predicted octanol–water partition coefficient (Wildman–Crippen LogP) is 6.63. The molecule has 1 aliphatic carbocycles. The second kappa shape index (κ2) is 19.7. The Morgan fingerprint density at radius 1 is 1.07 bits per heavy atom. The van der Waals surface area contributed by atoms with E-state index in [2.05, 4.69) is 76.1 Å². The summed E-state index contributed by atoms with van der Waals surface area (Å²) in [7, 11) is 5.36. The summed E-state index contributed by atoms with van der Waals surface area (Å²) in [5.74, 6) is 0. The topological polar surface area (TPSA) is 133 Å². The molecule has 4 aliphatic rings. The molecule has 3 fully saturated rings. The number of carbonyl (C=O) groups excluding carboxylic acids is 2. The van der Waals surface area contributed by atoms with Crippen molar-refractivity contribution in [2.24, 2.45) is 4.99 Å². The highest BCUT2D eigenvalue weighted by Gasteiger charge is 2.60. The van der Waals surface area contributed by atoms with Gasteiger partial charge in [0.25, 0.3) is 0 Å². The minimum atomic E-state index is -0.681. The fraction of sp³-hybridized carbons (Fsp3) is 0.605. The van der Waals surface area contributed by atoms with Crippen LogP contribution in [0.1, 0.15) is 83.9 Å². The van der Waals surface area contributed by atoms with Crippen LogP contribution < -0.4 is 16.0 Å². The van der Waals surface area contributed by atoms with Crippen LogP contribution in [0.25, 0.3) is 5.57 Å². The third-order valence-electron chi connectivity index (χ3n) is 11.4. The number of amides is 2. The molecule has 0 radical (unpaired) electrons. The molecule has 0 bridgehead atoms. The first-order valence-electron chi connectivity index (χ1n) is 20.2. The number of allylic oxidation sites excluding steroid dienone is 3. The van der Waals surface area contributed by atoms with Crippen LogP contribution in [-0.4, -0.2) is 129 Å². The molecular weight excluding hydrogens is 746 g/mol. The van der Waals surface area contributed by atoms with Crippen molar-refractivity contribution in [1.82, 2.24) is 30.7 Å². The number of piperazine rings is 1. The van der Waals surface area contributed by atoms with Crippen molar-refractivity contribution in [3.63, 3.8) is 0 Å². The number of methoxy groups -OCH3 is 1. The highest BCUT2D eigenvalue weighted by molar-refractivity contribution is 6.30. The average Bonchev–Trinajstić information content (AvgIpc) is 3.98. The number of rotatable bonds is 13. The van der Waals surface area contributed by atoms with Crippen molar-refractivity contribution >= 4 is 35.7 Å². The maximum absolute atomic E-state index is 13.5. The second-order valence-corrected chi connectivity index (χ2v) is 16.7. The van der Waals surface area contributed by atoms with Crippen molar-refractivity contribution < 1.29 is 28.5 Å². The predicted molar refractivity (Wildman–Crippen MR) is 226 cm³/mol. The molecule has 3 aliphatic heterocycles. The summed E-state index contributed by atoms with van der Waals surface area (Å²) in [5.41, 5.74) is 2.80. The summed E-state index contributed by atoms with van der Waals surface area (Å²) in [5, 5.41) is 10.8. The van der Waals surface area contributed by atoms with E-state index in [-0.39, 0.29) is 30.4 Å². The van der Waals surface area contributed by atoms with E-state index in [1.54, 1.807) is 25.4 Å². The van der Waals surface area contributed by atoms with Gasteiger partial charge < -0.3 is 39.4 Å². The molecule has 57 heavy (non-hydrogen) atoms. The summed E-state index contributed by atoms with van der Waals surface area (Å²) in [4.78, 5) is 36.1. The molecule has 314 valence electrons. The van der Waals surface area contributed by atoms with Gasteiger partial charge in [-0.25, -0.2) is 9.59 Å². The zero-order chi connectivity index (χ0) is 41.2. The Morgan fingerprint density at radius 3 is 2.39 bits per heavy atom. The summed E-state index contributed by atoms with van der Waals surface area (Å²) in [6.07, 6.45) is 16.7. The molecular formula is C43H64ClN7O6. The van der Waals surface area contributed by atoms with Gasteiger partial charge in [0.2, 0.25) is 0 Å². The molecule has 0 saturated carbocycles. The SMILES string of the molecule is CCC(C)(OC)C1(NC(/C=C/NC=NC)/C2=C/C/C(=C/C=C\NC)CC(N3CCN(C(=O)OC4CCN(C(=O)OC(C)(C)C)CC4)CC3)c3ccc(Cl)cc32)CO1. The minimum Gasteiger partial charge on any atom is -0.446 e. The van der Waals surface area contributed by atoms with Gasteiger partial charge in [0.05, 0.1) is 19.0 Å². The number of likely N-dealkylation sites (tertiary alicyclic amines) is 1. The van der Waals surface area contributed by atoms with E-state index in [0.29, 0.717) is 63.7 Å². The normalized spacial score (nSPS) is 25.7. The first-order chi connectivity index (χ1) is 27.2. The number of hydrogen-bond acceptors (Lipinski definition) is 10. The van der Waals surface area contributed by atoms with Gasteiger partial charge in [-0.2, -0.15) is 0 Å². The van der Waals surface area contributed by atoms with Crippen LogP contribution in [0.5, 0.6) is 0 Å². The third kappa shape index (κ3) is 11.4. The molecule has 0 spiro atoms. The third-order valence-corrected chi connectivity index (χ3v) is 11.7. The lowest BCUT2D eigenvalue weighted by Gasteiger charge is -2.42. The maximum atomic E-state index is 13.5. The Balaban J connectivity index is 1.38. The van der Waals surface area contributed by atoms with E-state index in [0.717, 1.165) is 30.4 Å². The first kappa shape index (κ1) is 44.2. The number of fused-ring (bicyclic) bond motifs is 1. The van der Waals surface area contributed by atoms with E-state index >= 15 is 0 Å². The number of nitrogens with one attached hydrogen (secondary N) is 3. The quantitative estimate of drug-likeness (QED) is 0.113. The molecule has 3 N–H and O–H groups in total. The van der Waals surface area contributed by atoms with Crippen molar-refractivity contribution in [3.05, 3.63) is 76.6 Å². The number of halogens is 1. The maximum Gasteiger partial charge on any atom is 0.410 e. The Labute approximate surface area is 344 Å². The van der Waals surface area contributed by atoms with E-state index < -0.39 is 16.9 Å². The van der Waals surface area contributed by atoms with Crippen molar-refractivity contribution in [2.75, 3.05) is 67.1 Å². The van der Waals surface area contributed by atoms with E-state index in [1.807, 2.05) is 51.2 Å². The monoisotopic (exact) mass is 809 g/mol. The highest BCUT2D eigenvalue weighted by atomic mass is 35.5. The van der Waals surface area contributed by atoms with Gasteiger partial charge in [0.15, 0.2) is 5.72 Å². The van der Waals surface area contributed by atoms with Crippen molar-refractivity contribution in [3.8, 4) is 0 Å². The van der Waals surface area contributed by atoms with Gasteiger partial charge >= 0.3 is 12.2 Å². The Bertz CT molecular complexity index is 1680. The van der Waals surface area contributed by atoms with Crippen LogP contribution in [0.3, 0.4) is 0 Å². The number of hydrogen-bond donors (Lipinski definition) is 3. The molecule has 4 atom stereocenters. The second-order valence-electron chi connectivity index (χ2n) is 16.3. The number of benzene rings is 1. The van der Waals surface area contributed by atoms with Gasteiger partial charge in [-0.3, -0.25) is 15.2 Å². The molecule has 3 saturated heterocycles. The van der Waals surface area contributed by atoms with Gasteiger partial charge in [0, 0.05) is 84.4 Å². The highest BCUT2D eigenvalue weighted by Crippen LogP contribution is 2.44. The zero-order valence-corrected chi connectivity index (χ0v) is 35.9. The number of nitrogens with zero attached hydrogens (tertiary/aromatic N) is 4. The molecule has 2 amide bonds. The molecule has 1 aromatic rings. The molecule has 3 heterocycles. The number of aliphatic imine (C=N–C) groups is 1. The number of piperidine rings is 1. The van der Waals surface area contributed by atoms with Crippen molar-refractivity contribution in [2.45, 2.75) is 102 Å². The lowest BCUT2D eigenvalue weighted by Crippen LogP contribution is -2.56. The Kier molecular flexibility index (Phi) is 15.3. The Morgan fingerprint density at radius 2 is 1.77 bits per heavy atom. The number of ether oxygens (including phenoxy) is 4. The average molecular weight is 810 g/mol. The lowest BCUT2D eigenvalue weighted by atomic mass is 9.82. The summed E-state index contributed by atoms with van der Waals surface area (Å²) >= 11 is 6.81. The van der Waals surface area contributed by atoms with Crippen LogP contribution in [0.2, 0.25) is 5.02 Å². The van der Waals surface area contributed by atoms with E-state index in [9.17, 15) is 9.59 Å². The fourth-order valence-electron chi connectivity index (χ4n) is 7.77. The van der Waals surface area contributed by atoms with Crippen molar-refractivity contribution in [1.29, 1.82) is 0 Å². The van der Waals surface area contributed by atoms with Gasteiger partial charge in [-0.15, -0.1) is 0 Å². The molecule has 14 heteroatoms. The van der Waals surface area contributed by atoms with Crippen LogP contribution in [0.15, 0.2) is 65.5 Å². The van der Waals surface area contributed by atoms with E-state index in [4.69, 9.17) is 30.5 Å². The van der Waals surface area contributed by atoms with Gasteiger partial charge in [-0.1, -0.05) is 42.3 Å². The molecule has 0 aromatic heterocycles. The first-order valence-corrected chi connectivity index (χ1v) is 20.6. The molecule has 13 nitrogen and oxygen atoms in total. The standard InChI is InChI=1S/C43H64ClN7O6/c1-9-42(5,54-8)43(29-55-43)48-37(16-20-47-30-46-7)34-14-12-31(11-10-19-45-6)27-38(35-15-13-32(44)28-36(34)35)49-23-25-51(26-24-49)39(52)56-33-17-21-50(22-18-33)40(53)57-41(2,3)4/h10-11,13-16,19-20,28,30,33,37-38,45,48H,9,12,17-18,21-27,29H2,1-8H3,(H,46,47)/b19-10-,20-16+,31-11-,34-14+. The van der Waals surface area contributed by atoms with Crippen LogP contribution in [0.4, 0.5) is 9.59 Å². The van der Waals surface area contributed by atoms with Crippen LogP contribution >= 0.6 is 11.6 Å². The van der Waals surface area contributed by atoms with Crippen LogP contribution in [-0.2, 0) is 18.9 Å². The largest absolute Gasteiger partial charge is 0.446 e. The smallest absolute Gasteiger partial charge is 0.410 e. The molecule has 1 aromatic carbocycles.